The molecule has 0 aliphatic heterocycles. The van der Waals surface area contributed by atoms with Gasteiger partial charge in [0.05, 0.1) is 26.7 Å². The summed E-state index contributed by atoms with van der Waals surface area (Å²) in [7, 11) is 4.72. The van der Waals surface area contributed by atoms with Crippen molar-refractivity contribution in [3.8, 4) is 23.0 Å². The standard InChI is InChI=1S/C13H14O4/c1-15-10-4-5-11(16-2)13-9(10)6-8(14)7-12(13)17-3/h4-7,14H,1-3H3. The summed E-state index contributed by atoms with van der Waals surface area (Å²) >= 11 is 0. The highest BCUT2D eigenvalue weighted by molar-refractivity contribution is 5.99. The van der Waals surface area contributed by atoms with Crippen molar-refractivity contribution in [1.29, 1.82) is 0 Å². The fourth-order valence-corrected chi connectivity index (χ4v) is 1.88. The molecule has 0 saturated heterocycles. The maximum absolute atomic E-state index is 9.65. The first-order chi connectivity index (χ1) is 8.21. The molecule has 0 heterocycles. The molecule has 90 valence electrons. The van der Waals surface area contributed by atoms with Crippen LogP contribution in [-0.4, -0.2) is 26.4 Å². The Hall–Kier alpha value is -2.10. The van der Waals surface area contributed by atoms with Gasteiger partial charge in [-0.3, -0.25) is 0 Å². The molecule has 1 N–H and O–H groups in total. The Morgan fingerprint density at radius 2 is 1.41 bits per heavy atom. The second kappa shape index (κ2) is 4.41. The molecule has 4 heteroatoms. The van der Waals surface area contributed by atoms with E-state index in [0.29, 0.717) is 17.2 Å². The van der Waals surface area contributed by atoms with Crippen LogP contribution in [0.3, 0.4) is 0 Å². The Labute approximate surface area is 99.3 Å². The maximum Gasteiger partial charge on any atom is 0.134 e. The monoisotopic (exact) mass is 234 g/mol. The summed E-state index contributed by atoms with van der Waals surface area (Å²) in [4.78, 5) is 0. The van der Waals surface area contributed by atoms with E-state index in [4.69, 9.17) is 14.2 Å². The number of methoxy groups -OCH3 is 3. The molecule has 0 atom stereocenters. The van der Waals surface area contributed by atoms with Gasteiger partial charge in [0.1, 0.15) is 23.0 Å². The zero-order valence-electron chi connectivity index (χ0n) is 9.98. The molecule has 4 nitrogen and oxygen atoms in total. The van der Waals surface area contributed by atoms with Crippen LogP contribution in [0.15, 0.2) is 24.3 Å². The first-order valence-electron chi connectivity index (χ1n) is 5.13. The van der Waals surface area contributed by atoms with Gasteiger partial charge >= 0.3 is 0 Å². The average Bonchev–Trinajstić information content (AvgIpc) is 2.36. The summed E-state index contributed by atoms with van der Waals surface area (Å²) < 4.78 is 15.8. The largest absolute Gasteiger partial charge is 0.508 e. The highest BCUT2D eigenvalue weighted by Gasteiger charge is 2.13. The van der Waals surface area contributed by atoms with Crippen molar-refractivity contribution in [3.05, 3.63) is 24.3 Å². The van der Waals surface area contributed by atoms with Gasteiger partial charge in [-0.2, -0.15) is 0 Å². The lowest BCUT2D eigenvalue weighted by Gasteiger charge is -2.13. The van der Waals surface area contributed by atoms with E-state index >= 15 is 0 Å². The second-order valence-corrected chi connectivity index (χ2v) is 3.54. The molecular formula is C13H14O4. The number of fused-ring (bicyclic) bond motifs is 1. The number of phenols is 1. The highest BCUT2D eigenvalue weighted by Crippen LogP contribution is 2.41. The third kappa shape index (κ3) is 1.82. The zero-order valence-corrected chi connectivity index (χ0v) is 9.98. The minimum absolute atomic E-state index is 0.126. The minimum atomic E-state index is 0.126. The minimum Gasteiger partial charge on any atom is -0.508 e. The summed E-state index contributed by atoms with van der Waals surface area (Å²) in [6.07, 6.45) is 0. The smallest absolute Gasteiger partial charge is 0.134 e. The van der Waals surface area contributed by atoms with Crippen molar-refractivity contribution < 1.29 is 19.3 Å². The summed E-state index contributed by atoms with van der Waals surface area (Å²) in [5.74, 6) is 2.02. The molecule has 0 radical (unpaired) electrons. The molecule has 0 saturated carbocycles. The topological polar surface area (TPSA) is 47.9 Å². The van der Waals surface area contributed by atoms with Crippen LogP contribution in [0.1, 0.15) is 0 Å². The Balaban J connectivity index is 2.89. The van der Waals surface area contributed by atoms with Crippen LogP contribution < -0.4 is 14.2 Å². The van der Waals surface area contributed by atoms with E-state index in [1.165, 1.54) is 0 Å². The zero-order chi connectivity index (χ0) is 12.4. The maximum atomic E-state index is 9.65. The predicted octanol–water partition coefficient (Wildman–Crippen LogP) is 2.57. The van der Waals surface area contributed by atoms with Gasteiger partial charge in [-0.05, 0) is 18.2 Å². The van der Waals surface area contributed by atoms with Gasteiger partial charge in [-0.15, -0.1) is 0 Å². The number of aromatic hydroxyl groups is 1. The second-order valence-electron chi connectivity index (χ2n) is 3.54. The molecule has 2 aromatic rings. The van der Waals surface area contributed by atoms with Gasteiger partial charge in [0.15, 0.2) is 0 Å². The first kappa shape index (κ1) is 11.4. The van der Waals surface area contributed by atoms with Crippen molar-refractivity contribution >= 4 is 10.8 Å². The van der Waals surface area contributed by atoms with Crippen LogP contribution in [0.4, 0.5) is 0 Å². The van der Waals surface area contributed by atoms with Gasteiger partial charge < -0.3 is 19.3 Å². The van der Waals surface area contributed by atoms with E-state index in [1.54, 1.807) is 45.6 Å². The highest BCUT2D eigenvalue weighted by atomic mass is 16.5. The quantitative estimate of drug-likeness (QED) is 0.886. The van der Waals surface area contributed by atoms with Crippen molar-refractivity contribution in [1.82, 2.24) is 0 Å². The van der Waals surface area contributed by atoms with E-state index < -0.39 is 0 Å². The lowest BCUT2D eigenvalue weighted by atomic mass is 10.1. The predicted molar refractivity (Wildman–Crippen MR) is 65.3 cm³/mol. The average molecular weight is 234 g/mol. The molecular weight excluding hydrogens is 220 g/mol. The SMILES string of the molecule is COc1ccc(OC)c2c(OC)cc(O)cc12. The van der Waals surface area contributed by atoms with Crippen LogP contribution in [0, 0.1) is 0 Å². The molecule has 0 spiro atoms. The number of benzene rings is 2. The van der Waals surface area contributed by atoms with Crippen LogP contribution in [0.25, 0.3) is 10.8 Å². The molecule has 2 aromatic carbocycles. The summed E-state index contributed by atoms with van der Waals surface area (Å²) in [5.41, 5.74) is 0. The summed E-state index contributed by atoms with van der Waals surface area (Å²) in [5, 5.41) is 11.2. The molecule has 0 aliphatic rings. The Morgan fingerprint density at radius 3 is 2.00 bits per heavy atom. The van der Waals surface area contributed by atoms with Gasteiger partial charge in [0.25, 0.3) is 0 Å². The van der Waals surface area contributed by atoms with Crippen molar-refractivity contribution in [3.63, 3.8) is 0 Å². The third-order valence-corrected chi connectivity index (χ3v) is 2.64. The Kier molecular flexibility index (Phi) is 2.95. The van der Waals surface area contributed by atoms with Gasteiger partial charge in [-0.1, -0.05) is 0 Å². The molecule has 0 unspecified atom stereocenters. The van der Waals surface area contributed by atoms with Crippen LogP contribution in [0.2, 0.25) is 0 Å². The van der Waals surface area contributed by atoms with Gasteiger partial charge in [0.2, 0.25) is 0 Å². The lowest BCUT2D eigenvalue weighted by molar-refractivity contribution is 0.397. The van der Waals surface area contributed by atoms with Crippen molar-refractivity contribution in [2.45, 2.75) is 0 Å². The lowest BCUT2D eigenvalue weighted by Crippen LogP contribution is -1.92. The molecule has 0 fully saturated rings. The Morgan fingerprint density at radius 1 is 0.824 bits per heavy atom. The fraction of sp³-hybridized carbons (Fsp3) is 0.231. The number of hydrogen-bond donors (Lipinski definition) is 1. The van der Waals surface area contributed by atoms with Crippen molar-refractivity contribution in [2.75, 3.05) is 21.3 Å². The molecule has 17 heavy (non-hydrogen) atoms. The summed E-state index contributed by atoms with van der Waals surface area (Å²) in [6, 6.07) is 6.77. The van der Waals surface area contributed by atoms with Crippen LogP contribution in [-0.2, 0) is 0 Å². The number of phenolic OH excluding ortho intramolecular Hbond substituents is 1. The van der Waals surface area contributed by atoms with E-state index in [0.717, 1.165) is 10.8 Å². The molecule has 2 rings (SSSR count). The Bertz CT molecular complexity index is 549. The van der Waals surface area contributed by atoms with E-state index in [-0.39, 0.29) is 5.75 Å². The van der Waals surface area contributed by atoms with E-state index in [2.05, 4.69) is 0 Å². The van der Waals surface area contributed by atoms with Crippen molar-refractivity contribution in [2.24, 2.45) is 0 Å². The van der Waals surface area contributed by atoms with E-state index in [1.807, 2.05) is 0 Å². The van der Waals surface area contributed by atoms with Gasteiger partial charge in [0, 0.05) is 11.5 Å². The number of ether oxygens (including phenoxy) is 3. The number of hydrogen-bond acceptors (Lipinski definition) is 4. The molecule has 0 bridgehead atoms. The van der Waals surface area contributed by atoms with Crippen LogP contribution in [0.5, 0.6) is 23.0 Å². The van der Waals surface area contributed by atoms with Crippen LogP contribution >= 0.6 is 0 Å². The molecule has 0 amide bonds. The third-order valence-electron chi connectivity index (χ3n) is 2.64. The number of rotatable bonds is 3. The fourth-order valence-electron chi connectivity index (χ4n) is 1.88. The molecule has 0 aromatic heterocycles. The van der Waals surface area contributed by atoms with E-state index in [9.17, 15) is 5.11 Å². The molecule has 0 aliphatic carbocycles. The summed E-state index contributed by atoms with van der Waals surface area (Å²) in [6.45, 7) is 0. The normalized spacial score (nSPS) is 10.3. The van der Waals surface area contributed by atoms with Gasteiger partial charge in [-0.25, -0.2) is 0 Å². The first-order valence-corrected chi connectivity index (χ1v) is 5.13.